The third-order valence-electron chi connectivity index (χ3n) is 5.24. The van der Waals surface area contributed by atoms with Gasteiger partial charge < -0.3 is 14.2 Å². The van der Waals surface area contributed by atoms with Crippen molar-refractivity contribution in [2.75, 3.05) is 19.8 Å². The molecule has 2 N–H and O–H groups in total. The van der Waals surface area contributed by atoms with Crippen LogP contribution < -0.4 is 36.3 Å². The van der Waals surface area contributed by atoms with Gasteiger partial charge in [0.15, 0.2) is 11.5 Å². The van der Waals surface area contributed by atoms with Gasteiger partial charge in [0, 0.05) is 12.1 Å². The molecule has 1 heterocycles. The Morgan fingerprint density at radius 2 is 1.44 bits per heavy atom. The first-order valence-electron chi connectivity index (χ1n) is 11.7. The molecule has 0 saturated carbocycles. The van der Waals surface area contributed by atoms with Crippen LogP contribution in [-0.2, 0) is 17.9 Å². The highest BCUT2D eigenvalue weighted by Crippen LogP contribution is 2.39. The fourth-order valence-electron chi connectivity index (χ4n) is 3.70. The molecule has 0 fully saturated rings. The highest BCUT2D eigenvalue weighted by molar-refractivity contribution is 5.96. The standard InChI is InChI=1S/C25H30N4O7/c1-5-28-24(32)17-11-9-10-12-18(17)29(25(28)33)15-21(30)26-27-23(31)16-13-19(34-6-2)22(36-8-4)20(14-16)35-7-3/h9-14H,5-8,15H2,1-4H3,(H,26,30)(H,27,31). The smallest absolute Gasteiger partial charge is 0.331 e. The van der Waals surface area contributed by atoms with Gasteiger partial charge in [-0.05, 0) is 52.0 Å². The lowest BCUT2D eigenvalue weighted by molar-refractivity contribution is -0.122. The zero-order valence-electron chi connectivity index (χ0n) is 20.8. The number of benzene rings is 2. The number of hydrogen-bond donors (Lipinski definition) is 2. The number of aromatic nitrogens is 2. The van der Waals surface area contributed by atoms with Crippen LogP contribution in [0.4, 0.5) is 0 Å². The molecule has 0 aliphatic rings. The van der Waals surface area contributed by atoms with E-state index in [1.165, 1.54) is 16.7 Å². The van der Waals surface area contributed by atoms with Crippen LogP contribution in [-0.4, -0.2) is 40.8 Å². The highest BCUT2D eigenvalue weighted by Gasteiger charge is 2.19. The summed E-state index contributed by atoms with van der Waals surface area (Å²) in [6.45, 7) is 7.91. The molecule has 0 aliphatic carbocycles. The Morgan fingerprint density at radius 3 is 2.03 bits per heavy atom. The van der Waals surface area contributed by atoms with Crippen molar-refractivity contribution in [3.8, 4) is 17.2 Å². The van der Waals surface area contributed by atoms with Crippen molar-refractivity contribution in [2.45, 2.75) is 40.8 Å². The first kappa shape index (κ1) is 26.3. The number of carbonyl (C=O) groups excluding carboxylic acids is 2. The fourth-order valence-corrected chi connectivity index (χ4v) is 3.70. The summed E-state index contributed by atoms with van der Waals surface area (Å²) < 4.78 is 19.1. The summed E-state index contributed by atoms with van der Waals surface area (Å²) in [5.41, 5.74) is 4.12. The summed E-state index contributed by atoms with van der Waals surface area (Å²) in [5, 5.41) is 0.317. The number of amides is 2. The second-order valence-electron chi connectivity index (χ2n) is 7.54. The first-order chi connectivity index (χ1) is 17.4. The lowest BCUT2D eigenvalue weighted by atomic mass is 10.1. The van der Waals surface area contributed by atoms with Gasteiger partial charge in [0.2, 0.25) is 5.75 Å². The number of fused-ring (bicyclic) bond motifs is 1. The summed E-state index contributed by atoms with van der Waals surface area (Å²) in [5.74, 6) is -0.218. The van der Waals surface area contributed by atoms with Gasteiger partial charge >= 0.3 is 5.69 Å². The largest absolute Gasteiger partial charge is 0.490 e. The topological polar surface area (TPSA) is 130 Å². The Bertz CT molecular complexity index is 1350. The molecule has 0 aliphatic heterocycles. The van der Waals surface area contributed by atoms with Crippen LogP contribution in [0.15, 0.2) is 46.0 Å². The second-order valence-corrected chi connectivity index (χ2v) is 7.54. The number of nitrogens with zero attached hydrogens (tertiary/aromatic N) is 2. The van der Waals surface area contributed by atoms with Gasteiger partial charge in [-0.15, -0.1) is 0 Å². The lowest BCUT2D eigenvalue weighted by Crippen LogP contribution is -2.46. The van der Waals surface area contributed by atoms with Gasteiger partial charge in [-0.2, -0.15) is 0 Å². The summed E-state index contributed by atoms with van der Waals surface area (Å²) >= 11 is 0. The second kappa shape index (κ2) is 11.9. The third kappa shape index (κ3) is 5.51. The predicted molar refractivity (Wildman–Crippen MR) is 134 cm³/mol. The molecule has 192 valence electrons. The number of rotatable bonds is 10. The molecule has 2 amide bonds. The Hall–Kier alpha value is -4.28. The average molecular weight is 499 g/mol. The maximum Gasteiger partial charge on any atom is 0.331 e. The molecular weight excluding hydrogens is 468 g/mol. The van der Waals surface area contributed by atoms with Gasteiger partial charge in [-0.1, -0.05) is 12.1 Å². The number of carbonyl (C=O) groups is 2. The van der Waals surface area contributed by atoms with Crippen molar-refractivity contribution in [1.82, 2.24) is 20.0 Å². The van der Waals surface area contributed by atoms with E-state index >= 15 is 0 Å². The number of para-hydroxylation sites is 1. The molecule has 0 atom stereocenters. The van der Waals surface area contributed by atoms with Crippen molar-refractivity contribution in [3.05, 3.63) is 62.8 Å². The van der Waals surface area contributed by atoms with E-state index in [0.717, 1.165) is 4.57 Å². The van der Waals surface area contributed by atoms with E-state index < -0.39 is 29.6 Å². The molecule has 3 rings (SSSR count). The number of hydrogen-bond acceptors (Lipinski definition) is 7. The molecule has 0 spiro atoms. The van der Waals surface area contributed by atoms with Crippen LogP contribution in [0.1, 0.15) is 38.1 Å². The van der Waals surface area contributed by atoms with E-state index in [1.54, 1.807) is 45.0 Å². The molecule has 3 aromatic rings. The fraction of sp³-hybridized carbons (Fsp3) is 0.360. The minimum atomic E-state index is -0.655. The Kier molecular flexibility index (Phi) is 8.71. The molecule has 11 nitrogen and oxygen atoms in total. The Labute approximate surface area is 207 Å². The van der Waals surface area contributed by atoms with Crippen LogP contribution in [0.5, 0.6) is 17.2 Å². The summed E-state index contributed by atoms with van der Waals surface area (Å²) in [6, 6.07) is 9.53. The molecule has 2 aromatic carbocycles. The normalized spacial score (nSPS) is 10.7. The quantitative estimate of drug-likeness (QED) is 0.408. The van der Waals surface area contributed by atoms with Crippen molar-refractivity contribution in [2.24, 2.45) is 0 Å². The van der Waals surface area contributed by atoms with Crippen LogP contribution in [0.25, 0.3) is 10.9 Å². The third-order valence-corrected chi connectivity index (χ3v) is 5.24. The SMILES string of the molecule is CCOc1cc(C(=O)NNC(=O)Cn2c(=O)n(CC)c(=O)c3ccccc32)cc(OCC)c1OCC. The van der Waals surface area contributed by atoms with E-state index in [2.05, 4.69) is 10.9 Å². The summed E-state index contributed by atoms with van der Waals surface area (Å²) in [6.07, 6.45) is 0. The molecular formula is C25H30N4O7. The highest BCUT2D eigenvalue weighted by atomic mass is 16.5. The van der Waals surface area contributed by atoms with E-state index in [1.807, 2.05) is 6.92 Å². The zero-order chi connectivity index (χ0) is 26.2. The number of ether oxygens (including phenoxy) is 3. The molecule has 11 heteroatoms. The van der Waals surface area contributed by atoms with E-state index in [0.29, 0.717) is 48.0 Å². The Morgan fingerprint density at radius 1 is 0.833 bits per heavy atom. The first-order valence-corrected chi connectivity index (χ1v) is 11.7. The van der Waals surface area contributed by atoms with E-state index in [9.17, 15) is 19.2 Å². The van der Waals surface area contributed by atoms with Crippen molar-refractivity contribution in [3.63, 3.8) is 0 Å². The monoisotopic (exact) mass is 498 g/mol. The summed E-state index contributed by atoms with van der Waals surface area (Å²) in [7, 11) is 0. The predicted octanol–water partition coefficient (Wildman–Crippen LogP) is 1.84. The van der Waals surface area contributed by atoms with Gasteiger partial charge in [0.25, 0.3) is 17.4 Å². The molecule has 1 aromatic heterocycles. The summed E-state index contributed by atoms with van der Waals surface area (Å²) in [4.78, 5) is 50.9. The molecule has 0 bridgehead atoms. The molecule has 0 saturated heterocycles. The maximum absolute atomic E-state index is 12.8. The van der Waals surface area contributed by atoms with Crippen molar-refractivity contribution >= 4 is 22.7 Å². The van der Waals surface area contributed by atoms with Crippen LogP contribution in [0, 0.1) is 0 Å². The van der Waals surface area contributed by atoms with Gasteiger partial charge in [-0.25, -0.2) is 4.79 Å². The van der Waals surface area contributed by atoms with Gasteiger partial charge in [0.05, 0.1) is 30.7 Å². The van der Waals surface area contributed by atoms with E-state index in [-0.39, 0.29) is 12.1 Å². The van der Waals surface area contributed by atoms with Crippen molar-refractivity contribution < 1.29 is 23.8 Å². The average Bonchev–Trinajstić information content (AvgIpc) is 2.87. The molecule has 36 heavy (non-hydrogen) atoms. The van der Waals surface area contributed by atoms with Crippen molar-refractivity contribution in [1.29, 1.82) is 0 Å². The lowest BCUT2D eigenvalue weighted by Gasteiger charge is -2.17. The maximum atomic E-state index is 12.8. The van der Waals surface area contributed by atoms with Gasteiger partial charge in [0.1, 0.15) is 6.54 Å². The minimum absolute atomic E-state index is 0.156. The van der Waals surface area contributed by atoms with Crippen LogP contribution in [0.3, 0.4) is 0 Å². The Balaban J connectivity index is 1.83. The number of hydrazine groups is 1. The molecule has 0 unspecified atom stereocenters. The van der Waals surface area contributed by atoms with Gasteiger partial charge in [-0.3, -0.25) is 34.4 Å². The van der Waals surface area contributed by atoms with Crippen LogP contribution in [0.2, 0.25) is 0 Å². The molecule has 0 radical (unpaired) electrons. The number of nitrogens with one attached hydrogen (secondary N) is 2. The minimum Gasteiger partial charge on any atom is -0.490 e. The zero-order valence-corrected chi connectivity index (χ0v) is 20.8. The van der Waals surface area contributed by atoms with E-state index in [4.69, 9.17) is 14.2 Å². The van der Waals surface area contributed by atoms with Crippen LogP contribution >= 0.6 is 0 Å².